The number of hydrogen-bond donors (Lipinski definition) is 21. The minimum atomic E-state index is -3.38. The molecule has 30 atom stereocenters. The van der Waals surface area contributed by atoms with E-state index in [0.29, 0.717) is 0 Å². The molecule has 0 saturated carbocycles. The van der Waals surface area contributed by atoms with Gasteiger partial charge in [0.05, 0.1) is 39.6 Å². The molecular weight excluding hydrogens is 944 g/mol. The van der Waals surface area contributed by atoms with Crippen LogP contribution < -0.4 is 0 Å². The van der Waals surface area contributed by atoms with Gasteiger partial charge in [-0.1, -0.05) is 0 Å². The standard InChI is InChI=1S/C36H62O32/c37-1-7-13(43)14(44)21(51)33(60-7)63-25-8(2-38)61-34(22(52)17(25)47)64-26-9(3-39)62-35(23(53)18(26)48)65-27-12(6-42)66-36(30(55)24(27)54,67-28-10(4-40)58-31(56)19(49)15(28)45)68-29-11(5-41)59-32(57)20(50)16(29)46/h7-35,37-57H,1-6H2/t7-,8-,9-,10-,11-,12-,13-,14+,15-,16-,17-,18-,19+,20+,21+,22+,23+,24+,25-,26-,27-,28-,29-,30+,31-,32+,33+,34+,35+,36?/m1/s1. The van der Waals surface area contributed by atoms with Crippen molar-refractivity contribution in [2.24, 2.45) is 0 Å². The zero-order chi connectivity index (χ0) is 50.3. The average Bonchev–Trinajstić information content (AvgIpc) is 3.33. The first-order valence-electron chi connectivity index (χ1n) is 21.3. The van der Waals surface area contributed by atoms with Crippen LogP contribution in [0.3, 0.4) is 0 Å². The molecule has 21 N–H and O–H groups in total. The fourth-order valence-electron chi connectivity index (χ4n) is 8.60. The van der Waals surface area contributed by atoms with Gasteiger partial charge < -0.3 is 159 Å². The van der Waals surface area contributed by atoms with Gasteiger partial charge >= 0.3 is 5.97 Å². The van der Waals surface area contributed by atoms with E-state index >= 15 is 0 Å². The number of rotatable bonds is 16. The van der Waals surface area contributed by atoms with Crippen molar-refractivity contribution in [1.82, 2.24) is 0 Å². The summed E-state index contributed by atoms with van der Waals surface area (Å²) in [5, 5.41) is 222. The van der Waals surface area contributed by atoms with E-state index in [0.717, 1.165) is 0 Å². The van der Waals surface area contributed by atoms with Gasteiger partial charge in [0.2, 0.25) is 0 Å². The van der Waals surface area contributed by atoms with Crippen LogP contribution in [-0.4, -0.2) is 331 Å². The highest BCUT2D eigenvalue weighted by Gasteiger charge is 2.64. The van der Waals surface area contributed by atoms with E-state index in [1.54, 1.807) is 0 Å². The Morgan fingerprint density at radius 1 is 0.294 bits per heavy atom. The number of aliphatic hydroxyl groups excluding tert-OH is 21. The van der Waals surface area contributed by atoms with Gasteiger partial charge in [0.1, 0.15) is 140 Å². The summed E-state index contributed by atoms with van der Waals surface area (Å²) >= 11 is 0. The molecule has 32 heteroatoms. The van der Waals surface area contributed by atoms with Gasteiger partial charge in [0.15, 0.2) is 37.6 Å². The van der Waals surface area contributed by atoms with Gasteiger partial charge in [0, 0.05) is 0 Å². The monoisotopic (exact) mass is 1010 g/mol. The molecule has 398 valence electrons. The predicted octanol–water partition coefficient (Wildman–Crippen LogP) is -14.8. The maximum atomic E-state index is 11.8. The Bertz CT molecular complexity index is 1510. The topological polar surface area (TPSA) is 526 Å². The summed E-state index contributed by atoms with van der Waals surface area (Å²) in [5.41, 5.74) is 0. The molecule has 0 bridgehead atoms. The third-order valence-corrected chi connectivity index (χ3v) is 12.5. The van der Waals surface area contributed by atoms with Crippen LogP contribution in [0, 0.1) is 0 Å². The zero-order valence-electron chi connectivity index (χ0n) is 35.4. The highest BCUT2D eigenvalue weighted by atomic mass is 16.9. The van der Waals surface area contributed by atoms with Crippen LogP contribution >= 0.6 is 0 Å². The lowest BCUT2D eigenvalue weighted by Gasteiger charge is -2.54. The van der Waals surface area contributed by atoms with E-state index in [-0.39, 0.29) is 0 Å². The van der Waals surface area contributed by atoms with Crippen molar-refractivity contribution in [3.63, 3.8) is 0 Å². The molecule has 6 fully saturated rings. The smallest absolute Gasteiger partial charge is 0.314 e. The molecule has 6 rings (SSSR count). The van der Waals surface area contributed by atoms with Crippen molar-refractivity contribution in [3.8, 4) is 0 Å². The van der Waals surface area contributed by atoms with Gasteiger partial charge in [-0.05, 0) is 0 Å². The molecule has 0 aromatic carbocycles. The lowest BCUT2D eigenvalue weighted by Crippen LogP contribution is -2.74. The Kier molecular flexibility index (Phi) is 19.2. The summed E-state index contributed by atoms with van der Waals surface area (Å²) in [6.07, 6.45) is -59.5. The maximum absolute atomic E-state index is 11.8. The van der Waals surface area contributed by atoms with Crippen LogP contribution in [0.15, 0.2) is 0 Å². The van der Waals surface area contributed by atoms with Gasteiger partial charge in [-0.3, -0.25) is 0 Å². The van der Waals surface area contributed by atoms with E-state index in [9.17, 15) is 107 Å². The van der Waals surface area contributed by atoms with Gasteiger partial charge in [-0.15, -0.1) is 0 Å². The molecule has 32 nitrogen and oxygen atoms in total. The van der Waals surface area contributed by atoms with Crippen LogP contribution in [0.2, 0.25) is 0 Å². The molecule has 6 saturated heterocycles. The number of hydrogen-bond acceptors (Lipinski definition) is 32. The van der Waals surface area contributed by atoms with E-state index in [2.05, 4.69) is 0 Å². The first-order chi connectivity index (χ1) is 32.1. The van der Waals surface area contributed by atoms with Crippen LogP contribution in [-0.2, 0) is 52.1 Å². The third-order valence-electron chi connectivity index (χ3n) is 12.5. The van der Waals surface area contributed by atoms with E-state index in [4.69, 9.17) is 52.1 Å². The summed E-state index contributed by atoms with van der Waals surface area (Å²) in [4.78, 5) is 0. The average molecular weight is 1010 g/mol. The zero-order valence-corrected chi connectivity index (χ0v) is 35.4. The minimum Gasteiger partial charge on any atom is -0.394 e. The second kappa shape index (κ2) is 23.3. The van der Waals surface area contributed by atoms with Crippen molar-refractivity contribution >= 4 is 0 Å². The normalized spacial score (nSPS) is 53.9. The summed E-state index contributed by atoms with van der Waals surface area (Å²) in [6.45, 7) is -6.37. The number of ether oxygens (including phenoxy) is 11. The molecule has 1 unspecified atom stereocenters. The third kappa shape index (κ3) is 10.8. The molecule has 0 radical (unpaired) electrons. The molecule has 0 aliphatic carbocycles. The lowest BCUT2D eigenvalue weighted by atomic mass is 9.94. The molecule has 6 aliphatic heterocycles. The molecule has 0 aromatic rings. The fourth-order valence-corrected chi connectivity index (χ4v) is 8.60. The van der Waals surface area contributed by atoms with Crippen molar-refractivity contribution < 1.29 is 159 Å². The minimum absolute atomic E-state index is 0.849. The molecule has 6 heterocycles. The largest absolute Gasteiger partial charge is 0.394 e. The molecule has 0 spiro atoms. The molecular formula is C36H62O32. The molecule has 68 heavy (non-hydrogen) atoms. The van der Waals surface area contributed by atoms with Crippen LogP contribution in [0.4, 0.5) is 0 Å². The maximum Gasteiger partial charge on any atom is 0.314 e. The number of aliphatic hydroxyl groups is 21. The highest BCUT2D eigenvalue weighted by Crippen LogP contribution is 2.42. The Morgan fingerprint density at radius 2 is 0.603 bits per heavy atom. The molecule has 0 aromatic heterocycles. The Labute approximate surface area is 382 Å². The highest BCUT2D eigenvalue weighted by molar-refractivity contribution is 5.02. The van der Waals surface area contributed by atoms with E-state index in [1.165, 1.54) is 0 Å². The van der Waals surface area contributed by atoms with E-state index < -0.39 is 224 Å². The van der Waals surface area contributed by atoms with Gasteiger partial charge in [-0.2, -0.15) is 0 Å². The van der Waals surface area contributed by atoms with Crippen molar-refractivity contribution in [2.75, 3.05) is 39.6 Å². The van der Waals surface area contributed by atoms with Crippen LogP contribution in [0.1, 0.15) is 0 Å². The SMILES string of the molecule is OC[C@H]1O[C@@H](O[C@H]2[C@H](O)[C@H](O)[C@H](O[C@H]3[C@H](O)[C@H](O)[C@H](O[C@H]4[C@H](O)[C@H](O)C(O[C@H]5[C@H](O)[C@H](O)[C@H](O)O[C@@H]5CO)(O[C@H]5[C@H](O)[C@H](O)[C@@H](O)O[C@@H]5CO)O[C@@H]4CO)O[C@@H]3CO)O[C@@H]2CO)[C@@H](O)[C@@H](O)[C@@H]1O. The first kappa shape index (κ1) is 56.0. The predicted molar refractivity (Wildman–Crippen MR) is 200 cm³/mol. The Hall–Kier alpha value is -1.28. The van der Waals surface area contributed by atoms with Gasteiger partial charge in [0.25, 0.3) is 0 Å². The second-order valence-corrected chi connectivity index (χ2v) is 16.9. The van der Waals surface area contributed by atoms with E-state index in [1.807, 2.05) is 0 Å². The molecule has 6 aliphatic rings. The van der Waals surface area contributed by atoms with Crippen LogP contribution in [0.5, 0.6) is 0 Å². The van der Waals surface area contributed by atoms with Crippen molar-refractivity contribution in [1.29, 1.82) is 0 Å². The fraction of sp³-hybridized carbons (Fsp3) is 1.00. The lowest BCUT2D eigenvalue weighted by molar-refractivity contribution is -0.507. The van der Waals surface area contributed by atoms with Crippen molar-refractivity contribution in [3.05, 3.63) is 0 Å². The summed E-state index contributed by atoms with van der Waals surface area (Å²) in [6, 6.07) is 0. The van der Waals surface area contributed by atoms with Gasteiger partial charge in [-0.25, -0.2) is 0 Å². The van der Waals surface area contributed by atoms with Crippen molar-refractivity contribution in [2.45, 2.75) is 184 Å². The van der Waals surface area contributed by atoms with Crippen LogP contribution in [0.25, 0.3) is 0 Å². The quantitative estimate of drug-likeness (QED) is 0.0638. The second-order valence-electron chi connectivity index (χ2n) is 16.9. The summed E-state index contributed by atoms with van der Waals surface area (Å²) in [5.74, 6) is -3.38. The Balaban J connectivity index is 1.20. The summed E-state index contributed by atoms with van der Waals surface area (Å²) in [7, 11) is 0. The Morgan fingerprint density at radius 3 is 0.971 bits per heavy atom. The summed E-state index contributed by atoms with van der Waals surface area (Å²) < 4.78 is 60.8. The first-order valence-corrected chi connectivity index (χ1v) is 21.3. The molecule has 0 amide bonds.